The molecule has 1 rings (SSSR count). The summed E-state index contributed by atoms with van der Waals surface area (Å²) in [5.74, 6) is -3.09. The molecular weight excluding hydrogens is 316 g/mol. The maximum Gasteiger partial charge on any atom is 0.317 e. The zero-order chi connectivity index (χ0) is 18.5. The van der Waals surface area contributed by atoms with Crippen LogP contribution in [0.4, 0.5) is 0 Å². The average Bonchev–Trinajstić information content (AvgIpc) is 2.43. The van der Waals surface area contributed by atoms with Crippen molar-refractivity contribution >= 4 is 17.7 Å². The van der Waals surface area contributed by atoms with Gasteiger partial charge in [-0.2, -0.15) is 0 Å². The van der Waals surface area contributed by atoms with Crippen molar-refractivity contribution in [2.45, 2.75) is 52.6 Å². The van der Waals surface area contributed by atoms with Crippen LogP contribution < -0.4 is 0 Å². The quantitative estimate of drug-likeness (QED) is 0.412. The second-order valence-electron chi connectivity index (χ2n) is 6.67. The standard InChI is InChI=1S/C17H26O7/c1-10(18)15(16(20)24-17(3,4)5)12-7-8-14(21-6)23-13(12)9-22-11(2)19/h7-8,12-15H,9H2,1-6H3/t12-,13+,14-,15?/m0/s1. The Bertz CT molecular complexity index is 504. The van der Waals surface area contributed by atoms with Gasteiger partial charge in [0.05, 0.1) is 0 Å². The molecule has 0 aromatic carbocycles. The third-order valence-electron chi connectivity index (χ3n) is 3.40. The van der Waals surface area contributed by atoms with E-state index >= 15 is 0 Å². The lowest BCUT2D eigenvalue weighted by atomic mass is 9.83. The molecule has 1 heterocycles. The maximum absolute atomic E-state index is 12.5. The first-order valence-electron chi connectivity index (χ1n) is 7.78. The summed E-state index contributed by atoms with van der Waals surface area (Å²) < 4.78 is 21.1. The summed E-state index contributed by atoms with van der Waals surface area (Å²) in [7, 11) is 1.47. The van der Waals surface area contributed by atoms with Crippen LogP contribution in [0.15, 0.2) is 12.2 Å². The molecule has 7 nitrogen and oxygen atoms in total. The van der Waals surface area contributed by atoms with Crippen molar-refractivity contribution in [2.75, 3.05) is 13.7 Å². The fourth-order valence-corrected chi connectivity index (χ4v) is 2.42. The Kier molecular flexibility index (Phi) is 7.10. The molecule has 1 unspecified atom stereocenters. The smallest absolute Gasteiger partial charge is 0.317 e. The summed E-state index contributed by atoms with van der Waals surface area (Å²) in [5, 5.41) is 0. The summed E-state index contributed by atoms with van der Waals surface area (Å²) in [6.07, 6.45) is 1.98. The van der Waals surface area contributed by atoms with E-state index in [1.807, 2.05) is 0 Å². The Morgan fingerprint density at radius 2 is 1.79 bits per heavy atom. The summed E-state index contributed by atoms with van der Waals surface area (Å²) in [5.41, 5.74) is -0.718. The van der Waals surface area contributed by atoms with E-state index < -0.39 is 41.8 Å². The van der Waals surface area contributed by atoms with Crippen molar-refractivity contribution in [1.82, 2.24) is 0 Å². The molecule has 1 aliphatic heterocycles. The third kappa shape index (κ3) is 6.05. The van der Waals surface area contributed by atoms with Crippen LogP contribution in [0.5, 0.6) is 0 Å². The van der Waals surface area contributed by atoms with Crippen molar-refractivity contribution in [3.8, 4) is 0 Å². The van der Waals surface area contributed by atoms with Crippen LogP contribution in [0.1, 0.15) is 34.6 Å². The highest BCUT2D eigenvalue weighted by Gasteiger charge is 2.42. The second-order valence-corrected chi connectivity index (χ2v) is 6.67. The first kappa shape index (κ1) is 20.3. The van der Waals surface area contributed by atoms with Crippen LogP contribution in [-0.4, -0.2) is 49.4 Å². The first-order valence-corrected chi connectivity index (χ1v) is 7.78. The number of carbonyl (C=O) groups excluding carboxylic acids is 3. The molecule has 0 saturated heterocycles. The van der Waals surface area contributed by atoms with Crippen LogP contribution in [-0.2, 0) is 33.3 Å². The first-order chi connectivity index (χ1) is 11.0. The fourth-order valence-electron chi connectivity index (χ4n) is 2.42. The molecule has 0 aliphatic carbocycles. The molecule has 4 atom stereocenters. The third-order valence-corrected chi connectivity index (χ3v) is 3.40. The van der Waals surface area contributed by atoms with Gasteiger partial charge in [0.2, 0.25) is 0 Å². The molecule has 0 bridgehead atoms. The van der Waals surface area contributed by atoms with Crippen molar-refractivity contribution < 1.29 is 33.3 Å². The van der Waals surface area contributed by atoms with E-state index in [0.717, 1.165) is 0 Å². The average molecular weight is 342 g/mol. The van der Waals surface area contributed by atoms with Gasteiger partial charge in [-0.1, -0.05) is 6.08 Å². The number of carbonyl (C=O) groups is 3. The van der Waals surface area contributed by atoms with Gasteiger partial charge in [-0.15, -0.1) is 0 Å². The van der Waals surface area contributed by atoms with Gasteiger partial charge in [0.25, 0.3) is 0 Å². The zero-order valence-corrected chi connectivity index (χ0v) is 15.0. The number of esters is 2. The van der Waals surface area contributed by atoms with Gasteiger partial charge in [0.15, 0.2) is 6.29 Å². The molecule has 24 heavy (non-hydrogen) atoms. The molecule has 0 fully saturated rings. The van der Waals surface area contributed by atoms with E-state index in [9.17, 15) is 14.4 Å². The van der Waals surface area contributed by atoms with Crippen molar-refractivity contribution in [3.63, 3.8) is 0 Å². The molecule has 0 spiro atoms. The number of hydrogen-bond donors (Lipinski definition) is 0. The largest absolute Gasteiger partial charge is 0.463 e. The fraction of sp³-hybridized carbons (Fsp3) is 0.706. The number of Topliss-reactive ketones (excluding diaryl/α,β-unsaturated/α-hetero) is 1. The number of methoxy groups -OCH3 is 1. The highest BCUT2D eigenvalue weighted by molar-refractivity contribution is 5.98. The van der Waals surface area contributed by atoms with Crippen molar-refractivity contribution in [1.29, 1.82) is 0 Å². The minimum Gasteiger partial charge on any atom is -0.463 e. The van der Waals surface area contributed by atoms with E-state index in [1.54, 1.807) is 32.9 Å². The molecule has 136 valence electrons. The predicted molar refractivity (Wildman–Crippen MR) is 84.9 cm³/mol. The minimum atomic E-state index is -1.04. The monoisotopic (exact) mass is 342 g/mol. The lowest BCUT2D eigenvalue weighted by Gasteiger charge is -2.35. The van der Waals surface area contributed by atoms with Crippen molar-refractivity contribution in [3.05, 3.63) is 12.2 Å². The van der Waals surface area contributed by atoms with Crippen LogP contribution in [0.3, 0.4) is 0 Å². The summed E-state index contributed by atoms with van der Waals surface area (Å²) in [4.78, 5) is 35.6. The van der Waals surface area contributed by atoms with Gasteiger partial charge in [-0.25, -0.2) is 0 Å². The molecule has 0 aromatic heterocycles. The van der Waals surface area contributed by atoms with Gasteiger partial charge >= 0.3 is 11.9 Å². The van der Waals surface area contributed by atoms with Crippen LogP contribution >= 0.6 is 0 Å². The molecular formula is C17H26O7. The van der Waals surface area contributed by atoms with Crippen molar-refractivity contribution in [2.24, 2.45) is 11.8 Å². The maximum atomic E-state index is 12.5. The van der Waals surface area contributed by atoms with Crippen LogP contribution in [0, 0.1) is 11.8 Å². The molecule has 0 aromatic rings. The Hall–Kier alpha value is -1.73. The summed E-state index contributed by atoms with van der Waals surface area (Å²) in [6.45, 7) is 7.70. The van der Waals surface area contributed by atoms with Crippen LogP contribution in [0.2, 0.25) is 0 Å². The van der Waals surface area contributed by atoms with E-state index in [1.165, 1.54) is 21.0 Å². The van der Waals surface area contributed by atoms with E-state index in [4.69, 9.17) is 18.9 Å². The molecule has 1 aliphatic rings. The highest BCUT2D eigenvalue weighted by Crippen LogP contribution is 2.29. The molecule has 0 amide bonds. The normalized spacial score (nSPS) is 25.0. The Morgan fingerprint density at radius 1 is 1.17 bits per heavy atom. The van der Waals surface area contributed by atoms with Gasteiger partial charge in [0, 0.05) is 20.0 Å². The minimum absolute atomic E-state index is 0.0865. The number of ether oxygens (including phenoxy) is 4. The van der Waals surface area contributed by atoms with E-state index in [2.05, 4.69) is 0 Å². The van der Waals surface area contributed by atoms with Gasteiger partial charge < -0.3 is 18.9 Å². The summed E-state index contributed by atoms with van der Waals surface area (Å²) >= 11 is 0. The second kappa shape index (κ2) is 8.39. The predicted octanol–water partition coefficient (Wildman–Crippen LogP) is 1.64. The molecule has 7 heteroatoms. The number of rotatable bonds is 6. The Balaban J connectivity index is 3.04. The topological polar surface area (TPSA) is 88.1 Å². The number of hydrogen-bond acceptors (Lipinski definition) is 7. The zero-order valence-electron chi connectivity index (χ0n) is 15.0. The van der Waals surface area contributed by atoms with E-state index in [0.29, 0.717) is 0 Å². The molecule has 0 N–H and O–H groups in total. The Morgan fingerprint density at radius 3 is 2.25 bits per heavy atom. The van der Waals surface area contributed by atoms with E-state index in [-0.39, 0.29) is 12.4 Å². The highest BCUT2D eigenvalue weighted by atomic mass is 16.7. The molecule has 0 radical (unpaired) electrons. The Labute approximate surface area is 142 Å². The van der Waals surface area contributed by atoms with Gasteiger partial charge in [-0.05, 0) is 33.8 Å². The van der Waals surface area contributed by atoms with Gasteiger partial charge in [0.1, 0.15) is 30.0 Å². The lowest BCUT2D eigenvalue weighted by Crippen LogP contribution is -2.45. The SMILES string of the molecule is CO[C@@H]1C=C[C@H](C(C(C)=O)C(=O)OC(C)(C)C)[C@@H](COC(C)=O)O1. The lowest BCUT2D eigenvalue weighted by molar-refractivity contribution is -0.184. The van der Waals surface area contributed by atoms with Gasteiger partial charge in [-0.3, -0.25) is 14.4 Å². The van der Waals surface area contributed by atoms with Crippen LogP contribution in [0.25, 0.3) is 0 Å². The number of ketones is 1. The molecule has 0 saturated carbocycles. The summed E-state index contributed by atoms with van der Waals surface area (Å²) in [6, 6.07) is 0.